The number of ketones is 1. The molecule has 0 bridgehead atoms. The molecule has 1 aliphatic carbocycles. The van der Waals surface area contributed by atoms with Gasteiger partial charge in [0.05, 0.1) is 10.7 Å². The van der Waals surface area contributed by atoms with Crippen molar-refractivity contribution in [2.75, 3.05) is 7.11 Å². The SMILES string of the molecule is COc1cc(/C=C2\CCC(C(=O)C(F)(F)F)=C2O)cc(I)c1O. The summed E-state index contributed by atoms with van der Waals surface area (Å²) in [5.41, 5.74) is 0.150. The van der Waals surface area contributed by atoms with Crippen molar-refractivity contribution in [3.05, 3.63) is 38.2 Å². The summed E-state index contributed by atoms with van der Waals surface area (Å²) in [7, 11) is 1.37. The highest BCUT2D eigenvalue weighted by molar-refractivity contribution is 14.1. The molecular weight excluding hydrogens is 428 g/mol. The second-order valence-corrected chi connectivity index (χ2v) is 6.04. The average Bonchev–Trinajstić information content (AvgIpc) is 2.82. The first-order chi connectivity index (χ1) is 10.6. The maximum atomic E-state index is 12.5. The van der Waals surface area contributed by atoms with E-state index < -0.39 is 23.3 Å². The first-order valence-corrected chi connectivity index (χ1v) is 7.54. The van der Waals surface area contributed by atoms with Crippen LogP contribution in [0.5, 0.6) is 11.5 Å². The van der Waals surface area contributed by atoms with Crippen LogP contribution in [0.2, 0.25) is 0 Å². The Labute approximate surface area is 143 Å². The Bertz CT molecular complexity index is 720. The number of carbonyl (C=O) groups is 1. The van der Waals surface area contributed by atoms with Gasteiger partial charge >= 0.3 is 6.18 Å². The second kappa shape index (κ2) is 6.42. The summed E-state index contributed by atoms with van der Waals surface area (Å²) in [4.78, 5) is 11.3. The Hall–Kier alpha value is -1.71. The van der Waals surface area contributed by atoms with Gasteiger partial charge in [-0.25, -0.2) is 0 Å². The van der Waals surface area contributed by atoms with Gasteiger partial charge in [-0.05, 0) is 64.8 Å². The normalized spacial score (nSPS) is 17.0. The fourth-order valence-corrected chi connectivity index (χ4v) is 2.88. The zero-order valence-corrected chi connectivity index (χ0v) is 14.0. The number of phenolic OH excluding ortho intramolecular Hbond substituents is 1. The van der Waals surface area contributed by atoms with Crippen molar-refractivity contribution >= 4 is 34.5 Å². The number of halogens is 4. The molecule has 0 atom stereocenters. The number of rotatable bonds is 3. The Kier molecular flexibility index (Phi) is 4.92. The zero-order chi connectivity index (χ0) is 17.4. The lowest BCUT2D eigenvalue weighted by molar-refractivity contribution is -0.166. The van der Waals surface area contributed by atoms with E-state index in [0.29, 0.717) is 9.13 Å². The van der Waals surface area contributed by atoms with Gasteiger partial charge in [-0.1, -0.05) is 0 Å². The Morgan fingerprint density at radius 1 is 1.30 bits per heavy atom. The maximum Gasteiger partial charge on any atom is 0.454 e. The third-order valence-electron chi connectivity index (χ3n) is 3.38. The third kappa shape index (κ3) is 3.62. The molecule has 0 saturated heterocycles. The Morgan fingerprint density at radius 2 is 1.96 bits per heavy atom. The zero-order valence-electron chi connectivity index (χ0n) is 11.9. The van der Waals surface area contributed by atoms with Crippen molar-refractivity contribution < 1.29 is 32.9 Å². The summed E-state index contributed by atoms with van der Waals surface area (Å²) >= 11 is 1.88. The lowest BCUT2D eigenvalue weighted by Crippen LogP contribution is -2.24. The monoisotopic (exact) mass is 440 g/mol. The van der Waals surface area contributed by atoms with Gasteiger partial charge in [0.2, 0.25) is 0 Å². The second-order valence-electron chi connectivity index (χ2n) is 4.88. The minimum Gasteiger partial charge on any atom is -0.507 e. The van der Waals surface area contributed by atoms with Crippen molar-refractivity contribution in [1.29, 1.82) is 0 Å². The van der Waals surface area contributed by atoms with Crippen LogP contribution in [0.3, 0.4) is 0 Å². The standard InChI is InChI=1S/C15H12F3IO4/c1-23-11-6-7(5-10(19)13(11)21)4-8-2-3-9(12(8)20)14(22)15(16,17)18/h4-6,20-21H,2-3H2,1H3/b8-4+. The predicted octanol–water partition coefficient (Wildman–Crippen LogP) is 4.13. The van der Waals surface area contributed by atoms with Gasteiger partial charge in [0.25, 0.3) is 5.78 Å². The van der Waals surface area contributed by atoms with Crippen LogP contribution in [0.15, 0.2) is 29.0 Å². The topological polar surface area (TPSA) is 66.8 Å². The number of hydrogen-bond acceptors (Lipinski definition) is 4. The van der Waals surface area contributed by atoms with Gasteiger partial charge in [-0.15, -0.1) is 0 Å². The molecule has 1 aromatic carbocycles. The Morgan fingerprint density at radius 3 is 2.52 bits per heavy atom. The first-order valence-electron chi connectivity index (χ1n) is 6.46. The average molecular weight is 440 g/mol. The molecule has 0 aromatic heterocycles. The quantitative estimate of drug-likeness (QED) is 0.695. The molecule has 0 aliphatic heterocycles. The van der Waals surface area contributed by atoms with Gasteiger partial charge in [0, 0.05) is 5.57 Å². The lowest BCUT2D eigenvalue weighted by Gasteiger charge is -2.08. The maximum absolute atomic E-state index is 12.5. The van der Waals surface area contributed by atoms with Gasteiger partial charge in [-0.3, -0.25) is 4.79 Å². The highest BCUT2D eigenvalue weighted by Crippen LogP contribution is 2.37. The largest absolute Gasteiger partial charge is 0.507 e. The summed E-state index contributed by atoms with van der Waals surface area (Å²) in [5, 5.41) is 19.7. The van der Waals surface area contributed by atoms with Crippen LogP contribution in [0, 0.1) is 3.57 Å². The highest BCUT2D eigenvalue weighted by Gasteiger charge is 2.43. The van der Waals surface area contributed by atoms with Crippen molar-refractivity contribution in [3.8, 4) is 11.5 Å². The van der Waals surface area contributed by atoms with Crippen LogP contribution >= 0.6 is 22.6 Å². The number of ether oxygens (including phenoxy) is 1. The van der Waals surface area contributed by atoms with E-state index in [1.165, 1.54) is 19.3 Å². The van der Waals surface area contributed by atoms with E-state index in [1.807, 2.05) is 22.6 Å². The molecule has 0 saturated carbocycles. The van der Waals surface area contributed by atoms with E-state index in [9.17, 15) is 28.2 Å². The van der Waals surface area contributed by atoms with E-state index in [2.05, 4.69) is 0 Å². The highest BCUT2D eigenvalue weighted by atomic mass is 127. The van der Waals surface area contributed by atoms with Crippen molar-refractivity contribution in [2.24, 2.45) is 0 Å². The number of allylic oxidation sites excluding steroid dienone is 2. The summed E-state index contributed by atoms with van der Waals surface area (Å²) in [6.45, 7) is 0. The molecule has 0 amide bonds. The molecule has 4 nitrogen and oxygen atoms in total. The van der Waals surface area contributed by atoms with Gasteiger partial charge in [0.1, 0.15) is 5.76 Å². The van der Waals surface area contributed by atoms with Crippen molar-refractivity contribution in [2.45, 2.75) is 19.0 Å². The van der Waals surface area contributed by atoms with Gasteiger partial charge in [0.15, 0.2) is 11.5 Å². The third-order valence-corrected chi connectivity index (χ3v) is 4.20. The minimum atomic E-state index is -5.00. The smallest absolute Gasteiger partial charge is 0.454 e. The molecule has 1 aliphatic rings. The molecule has 8 heteroatoms. The Balaban J connectivity index is 2.41. The van der Waals surface area contributed by atoms with Crippen LogP contribution < -0.4 is 4.74 Å². The first kappa shape index (κ1) is 17.6. The number of hydrogen-bond donors (Lipinski definition) is 2. The predicted molar refractivity (Wildman–Crippen MR) is 85.3 cm³/mol. The number of methoxy groups -OCH3 is 1. The van der Waals surface area contributed by atoms with Crippen molar-refractivity contribution in [1.82, 2.24) is 0 Å². The number of Topliss-reactive ketones (excluding diaryl/α,β-unsaturated/α-hetero) is 1. The number of carbonyl (C=O) groups excluding carboxylic acids is 1. The fourth-order valence-electron chi connectivity index (χ4n) is 2.26. The lowest BCUT2D eigenvalue weighted by atomic mass is 10.1. The molecule has 0 spiro atoms. The minimum absolute atomic E-state index is 0.0469. The summed E-state index contributed by atoms with van der Waals surface area (Å²) < 4.78 is 42.9. The summed E-state index contributed by atoms with van der Waals surface area (Å²) in [6.07, 6.45) is -3.57. The van der Waals surface area contributed by atoms with E-state index in [1.54, 1.807) is 6.07 Å². The molecule has 0 fully saturated rings. The number of phenols is 1. The van der Waals surface area contributed by atoms with Gasteiger partial charge in [-0.2, -0.15) is 13.2 Å². The van der Waals surface area contributed by atoms with E-state index in [-0.39, 0.29) is 29.9 Å². The number of aromatic hydroxyl groups is 1. The molecule has 2 rings (SSSR count). The number of alkyl halides is 3. The summed E-state index contributed by atoms with van der Waals surface area (Å²) in [5.74, 6) is -2.49. The van der Waals surface area contributed by atoms with Crippen LogP contribution in [0.1, 0.15) is 18.4 Å². The molecule has 0 unspecified atom stereocenters. The van der Waals surface area contributed by atoms with Gasteiger partial charge < -0.3 is 14.9 Å². The molecule has 0 radical (unpaired) electrons. The van der Waals surface area contributed by atoms with Crippen LogP contribution in [-0.2, 0) is 4.79 Å². The van der Waals surface area contributed by atoms with Crippen molar-refractivity contribution in [3.63, 3.8) is 0 Å². The molecular formula is C15H12F3IO4. The van der Waals surface area contributed by atoms with E-state index >= 15 is 0 Å². The van der Waals surface area contributed by atoms with E-state index in [4.69, 9.17) is 4.74 Å². The number of aliphatic hydroxyl groups is 1. The fraction of sp³-hybridized carbons (Fsp3) is 0.267. The molecule has 0 heterocycles. The van der Waals surface area contributed by atoms with Crippen LogP contribution in [0.4, 0.5) is 13.2 Å². The molecule has 1 aromatic rings. The number of aliphatic hydroxyl groups excluding tert-OH is 1. The van der Waals surface area contributed by atoms with E-state index in [0.717, 1.165) is 0 Å². The van der Waals surface area contributed by atoms with Crippen LogP contribution in [0.25, 0.3) is 6.08 Å². The number of benzene rings is 1. The van der Waals surface area contributed by atoms with Crippen LogP contribution in [-0.4, -0.2) is 29.3 Å². The molecule has 23 heavy (non-hydrogen) atoms. The molecule has 124 valence electrons. The molecule has 2 N–H and O–H groups in total. The summed E-state index contributed by atoms with van der Waals surface area (Å²) in [6, 6.07) is 3.07.